The summed E-state index contributed by atoms with van der Waals surface area (Å²) in [5.41, 5.74) is 0.541. The fourth-order valence-corrected chi connectivity index (χ4v) is 3.61. The maximum absolute atomic E-state index is 12.5. The molecule has 2 bridgehead atoms. The summed E-state index contributed by atoms with van der Waals surface area (Å²) in [7, 11) is 1.87. The maximum atomic E-state index is 12.5. The lowest BCUT2D eigenvalue weighted by atomic mass is 9.98. The summed E-state index contributed by atoms with van der Waals surface area (Å²) in [6.07, 6.45) is 4.51. The molecule has 2 fully saturated rings. The van der Waals surface area contributed by atoms with Gasteiger partial charge in [0.25, 0.3) is 5.91 Å². The van der Waals surface area contributed by atoms with Gasteiger partial charge in [0.1, 0.15) is 5.75 Å². The molecule has 20 heavy (non-hydrogen) atoms. The number of rotatable bonds is 2. The second-order valence-corrected chi connectivity index (χ2v) is 6.70. The van der Waals surface area contributed by atoms with E-state index in [1.165, 1.54) is 18.9 Å². The van der Waals surface area contributed by atoms with Gasteiger partial charge < -0.3 is 15.3 Å². The van der Waals surface area contributed by atoms with Gasteiger partial charge in [-0.25, -0.2) is 0 Å². The number of halogens is 1. The van der Waals surface area contributed by atoms with Crippen molar-refractivity contribution in [1.82, 2.24) is 10.2 Å². The van der Waals surface area contributed by atoms with Crippen LogP contribution in [0, 0.1) is 0 Å². The van der Waals surface area contributed by atoms with Crippen LogP contribution in [-0.4, -0.2) is 41.1 Å². The number of piperidine rings is 1. The topological polar surface area (TPSA) is 52.6 Å². The van der Waals surface area contributed by atoms with Crippen molar-refractivity contribution in [2.45, 2.75) is 43.8 Å². The molecule has 0 saturated carbocycles. The first-order valence-electron chi connectivity index (χ1n) is 7.06. The number of nitrogens with one attached hydrogen (secondary N) is 1. The molecule has 0 radical (unpaired) electrons. The molecule has 3 rings (SSSR count). The molecule has 108 valence electrons. The van der Waals surface area contributed by atoms with Crippen molar-refractivity contribution in [2.75, 3.05) is 7.05 Å². The number of carbonyl (C=O) groups excluding carboxylic acids is 1. The van der Waals surface area contributed by atoms with Gasteiger partial charge in [-0.15, -0.1) is 0 Å². The minimum Gasteiger partial charge on any atom is -0.507 e. The number of aromatic hydroxyl groups is 1. The number of phenolic OH excluding ortho intramolecular Hbond substituents is 1. The number of phenols is 1. The first-order valence-corrected chi connectivity index (χ1v) is 7.85. The Morgan fingerprint density at radius 3 is 2.60 bits per heavy atom. The van der Waals surface area contributed by atoms with E-state index in [0.717, 1.165) is 12.8 Å². The number of amides is 1. The van der Waals surface area contributed by atoms with Crippen molar-refractivity contribution < 1.29 is 9.90 Å². The SMILES string of the molecule is CN(C(=O)c1ccc(Br)c(O)c1)C1CC2CCC(C1)N2. The van der Waals surface area contributed by atoms with Crippen LogP contribution in [0.2, 0.25) is 0 Å². The van der Waals surface area contributed by atoms with Crippen molar-refractivity contribution in [3.8, 4) is 5.75 Å². The Labute approximate surface area is 127 Å². The Kier molecular flexibility index (Phi) is 3.73. The largest absolute Gasteiger partial charge is 0.507 e. The highest BCUT2D eigenvalue weighted by molar-refractivity contribution is 9.10. The molecule has 1 aromatic rings. The van der Waals surface area contributed by atoms with Crippen LogP contribution in [0.3, 0.4) is 0 Å². The summed E-state index contributed by atoms with van der Waals surface area (Å²) in [5, 5.41) is 13.3. The molecule has 2 aliphatic rings. The molecule has 2 unspecified atom stereocenters. The van der Waals surface area contributed by atoms with Crippen LogP contribution in [-0.2, 0) is 0 Å². The molecule has 2 heterocycles. The lowest BCUT2D eigenvalue weighted by Gasteiger charge is -2.35. The molecule has 1 amide bonds. The summed E-state index contributed by atoms with van der Waals surface area (Å²) < 4.78 is 0.608. The highest BCUT2D eigenvalue weighted by Crippen LogP contribution is 2.30. The second-order valence-electron chi connectivity index (χ2n) is 5.85. The van der Waals surface area contributed by atoms with Gasteiger partial charge in [-0.2, -0.15) is 0 Å². The molecular weight excluding hydrogens is 320 g/mol. The first kappa shape index (κ1) is 13.9. The van der Waals surface area contributed by atoms with Crippen molar-refractivity contribution in [1.29, 1.82) is 0 Å². The van der Waals surface area contributed by atoms with E-state index in [0.29, 0.717) is 28.2 Å². The number of nitrogens with zero attached hydrogens (tertiary/aromatic N) is 1. The van der Waals surface area contributed by atoms with Gasteiger partial charge >= 0.3 is 0 Å². The predicted octanol–water partition coefficient (Wildman–Crippen LogP) is 2.51. The molecule has 0 aromatic heterocycles. The average Bonchev–Trinajstić information content (AvgIpc) is 2.79. The van der Waals surface area contributed by atoms with Gasteiger partial charge in [0, 0.05) is 30.7 Å². The molecule has 0 aliphatic carbocycles. The van der Waals surface area contributed by atoms with Gasteiger partial charge in [0.2, 0.25) is 0 Å². The molecule has 5 heteroatoms. The lowest BCUT2D eigenvalue weighted by molar-refractivity contribution is 0.0681. The van der Waals surface area contributed by atoms with Gasteiger partial charge in [-0.1, -0.05) is 0 Å². The number of hydrogen-bond donors (Lipinski definition) is 2. The average molecular weight is 339 g/mol. The molecule has 2 aliphatic heterocycles. The third kappa shape index (κ3) is 2.56. The molecule has 2 atom stereocenters. The van der Waals surface area contributed by atoms with E-state index in [-0.39, 0.29) is 11.7 Å². The fraction of sp³-hybridized carbons (Fsp3) is 0.533. The number of carbonyl (C=O) groups is 1. The zero-order chi connectivity index (χ0) is 14.3. The number of fused-ring (bicyclic) bond motifs is 2. The summed E-state index contributed by atoms with van der Waals surface area (Å²) in [4.78, 5) is 14.4. The highest BCUT2D eigenvalue weighted by Gasteiger charge is 2.36. The first-order chi connectivity index (χ1) is 9.54. The Morgan fingerprint density at radius 2 is 2.00 bits per heavy atom. The fourth-order valence-electron chi connectivity index (χ4n) is 3.36. The number of hydrogen-bond acceptors (Lipinski definition) is 3. The summed E-state index contributed by atoms with van der Waals surface area (Å²) in [6.45, 7) is 0. The predicted molar refractivity (Wildman–Crippen MR) is 80.9 cm³/mol. The van der Waals surface area contributed by atoms with E-state index in [1.54, 1.807) is 12.1 Å². The third-order valence-corrected chi connectivity index (χ3v) is 5.18. The quantitative estimate of drug-likeness (QED) is 0.871. The summed E-state index contributed by atoms with van der Waals surface area (Å²) in [6, 6.07) is 6.41. The Morgan fingerprint density at radius 1 is 1.35 bits per heavy atom. The van der Waals surface area contributed by atoms with E-state index < -0.39 is 0 Å². The van der Waals surface area contributed by atoms with Crippen molar-refractivity contribution in [3.63, 3.8) is 0 Å². The summed E-state index contributed by atoms with van der Waals surface area (Å²) in [5.74, 6) is 0.0914. The van der Waals surface area contributed by atoms with Crippen LogP contribution in [0.15, 0.2) is 22.7 Å². The van der Waals surface area contributed by atoms with Crippen LogP contribution < -0.4 is 5.32 Å². The van der Waals surface area contributed by atoms with Crippen LogP contribution in [0.4, 0.5) is 0 Å². The minimum atomic E-state index is -0.0147. The number of benzene rings is 1. The van der Waals surface area contributed by atoms with Crippen molar-refractivity contribution >= 4 is 21.8 Å². The minimum absolute atomic E-state index is 0.0147. The van der Waals surface area contributed by atoms with Crippen molar-refractivity contribution in [3.05, 3.63) is 28.2 Å². The monoisotopic (exact) mass is 338 g/mol. The van der Waals surface area contributed by atoms with Gasteiger partial charge in [-0.05, 0) is 59.8 Å². The van der Waals surface area contributed by atoms with Crippen LogP contribution in [0.25, 0.3) is 0 Å². The third-order valence-electron chi connectivity index (χ3n) is 4.51. The van der Waals surface area contributed by atoms with Crippen molar-refractivity contribution in [2.24, 2.45) is 0 Å². The van der Waals surface area contributed by atoms with Crippen LogP contribution in [0.5, 0.6) is 5.75 Å². The van der Waals surface area contributed by atoms with Gasteiger partial charge in [0.15, 0.2) is 0 Å². The smallest absolute Gasteiger partial charge is 0.253 e. The molecule has 2 saturated heterocycles. The molecule has 1 aromatic carbocycles. The molecule has 2 N–H and O–H groups in total. The Hall–Kier alpha value is -1.07. The molecule has 0 spiro atoms. The zero-order valence-electron chi connectivity index (χ0n) is 11.5. The molecular formula is C15H19BrN2O2. The Balaban J connectivity index is 1.74. The van der Waals surface area contributed by atoms with E-state index in [2.05, 4.69) is 21.2 Å². The standard InChI is InChI=1S/C15H19BrN2O2/c1-18(12-7-10-3-4-11(8-12)17-10)15(20)9-2-5-13(16)14(19)6-9/h2,5-6,10-12,17,19H,3-4,7-8H2,1H3. The zero-order valence-corrected chi connectivity index (χ0v) is 13.1. The van der Waals surface area contributed by atoms with E-state index >= 15 is 0 Å². The second kappa shape index (κ2) is 5.37. The van der Waals surface area contributed by atoms with Gasteiger partial charge in [0.05, 0.1) is 4.47 Å². The molecule has 4 nitrogen and oxygen atoms in total. The van der Waals surface area contributed by atoms with Crippen LogP contribution >= 0.6 is 15.9 Å². The maximum Gasteiger partial charge on any atom is 0.253 e. The normalized spacial score (nSPS) is 28.4. The van der Waals surface area contributed by atoms with Gasteiger partial charge in [-0.3, -0.25) is 4.79 Å². The summed E-state index contributed by atoms with van der Waals surface area (Å²) >= 11 is 3.23. The van der Waals surface area contributed by atoms with E-state index in [9.17, 15) is 9.90 Å². The Bertz CT molecular complexity index is 523. The van der Waals surface area contributed by atoms with E-state index in [1.807, 2.05) is 11.9 Å². The highest BCUT2D eigenvalue weighted by atomic mass is 79.9. The van der Waals surface area contributed by atoms with E-state index in [4.69, 9.17) is 0 Å². The van der Waals surface area contributed by atoms with Crippen LogP contribution in [0.1, 0.15) is 36.0 Å². The lowest BCUT2D eigenvalue weighted by Crippen LogP contribution is -2.48.